The first-order valence-electron chi connectivity index (χ1n) is 10.5. The normalized spacial score (nSPS) is 28.3. The van der Waals surface area contributed by atoms with Crippen molar-refractivity contribution in [2.75, 3.05) is 0 Å². The van der Waals surface area contributed by atoms with Crippen LogP contribution in [0.5, 0.6) is 0 Å². The molecule has 0 saturated heterocycles. The van der Waals surface area contributed by atoms with Crippen molar-refractivity contribution in [2.45, 2.75) is 62.9 Å². The van der Waals surface area contributed by atoms with E-state index >= 15 is 0 Å². The largest absolute Gasteiger partial charge is 0.478 e. The van der Waals surface area contributed by atoms with Crippen LogP contribution in [0.25, 0.3) is 0 Å². The lowest BCUT2D eigenvalue weighted by Crippen LogP contribution is -2.48. The van der Waals surface area contributed by atoms with Gasteiger partial charge in [0.1, 0.15) is 5.60 Å². The third kappa shape index (κ3) is 3.70. The highest BCUT2D eigenvalue weighted by Crippen LogP contribution is 2.53. The summed E-state index contributed by atoms with van der Waals surface area (Å²) < 4.78 is 0. The summed E-state index contributed by atoms with van der Waals surface area (Å²) in [4.78, 5) is 11.5. The number of hydrogen-bond donors (Lipinski definition) is 2. The minimum atomic E-state index is -0.912. The third-order valence-corrected chi connectivity index (χ3v) is 6.96. The highest BCUT2D eigenvalue weighted by Gasteiger charge is 2.50. The second kappa shape index (κ2) is 7.69. The van der Waals surface area contributed by atoms with Gasteiger partial charge in [0, 0.05) is 5.41 Å². The second-order valence-corrected chi connectivity index (χ2v) is 8.70. The summed E-state index contributed by atoms with van der Waals surface area (Å²) in [5, 5.41) is 20.6. The average molecular weight is 389 g/mol. The van der Waals surface area contributed by atoms with Gasteiger partial charge in [0.25, 0.3) is 0 Å². The Morgan fingerprint density at radius 2 is 1.97 bits per heavy atom. The van der Waals surface area contributed by atoms with Crippen molar-refractivity contribution in [3.8, 4) is 11.8 Å². The molecule has 2 aromatic rings. The second-order valence-electron chi connectivity index (χ2n) is 8.70. The molecule has 1 fully saturated rings. The number of aliphatic hydroxyl groups is 1. The van der Waals surface area contributed by atoms with Crippen molar-refractivity contribution in [1.82, 2.24) is 0 Å². The van der Waals surface area contributed by atoms with Crippen LogP contribution in [0.15, 0.2) is 48.5 Å². The Morgan fingerprint density at radius 3 is 2.69 bits per heavy atom. The van der Waals surface area contributed by atoms with E-state index in [1.165, 1.54) is 11.1 Å². The predicted molar refractivity (Wildman–Crippen MR) is 114 cm³/mol. The minimum absolute atomic E-state index is 0.0914. The van der Waals surface area contributed by atoms with Crippen molar-refractivity contribution in [3.05, 3.63) is 70.8 Å². The fraction of sp³-hybridized carbons (Fsp3) is 0.423. The summed E-state index contributed by atoms with van der Waals surface area (Å²) in [6, 6.07) is 16.2. The molecule has 0 bridgehead atoms. The summed E-state index contributed by atoms with van der Waals surface area (Å²) in [5.74, 6) is 5.44. The van der Waals surface area contributed by atoms with Gasteiger partial charge >= 0.3 is 5.97 Å². The molecular weight excluding hydrogens is 360 g/mol. The summed E-state index contributed by atoms with van der Waals surface area (Å²) in [7, 11) is 0. The summed E-state index contributed by atoms with van der Waals surface area (Å²) >= 11 is 0. The molecule has 0 heterocycles. The van der Waals surface area contributed by atoms with Gasteiger partial charge in [-0.15, -0.1) is 5.92 Å². The molecule has 0 aliphatic heterocycles. The fourth-order valence-corrected chi connectivity index (χ4v) is 5.66. The number of carboxylic acid groups (broad SMARTS) is 1. The number of benzene rings is 2. The Hall–Kier alpha value is -2.57. The summed E-state index contributed by atoms with van der Waals surface area (Å²) in [6.45, 7) is 1.79. The van der Waals surface area contributed by atoms with E-state index in [0.29, 0.717) is 24.3 Å². The number of aryl methyl sites for hydroxylation is 1. The van der Waals surface area contributed by atoms with Crippen LogP contribution in [0.1, 0.15) is 66.1 Å². The van der Waals surface area contributed by atoms with Gasteiger partial charge in [-0.3, -0.25) is 0 Å². The SMILES string of the molecule is CC#C[C@]1(O)CC[C@@]2(Cc3ccccc3)c3ccc(C(=O)O)cc3CCC[C@H]2C1. The van der Waals surface area contributed by atoms with Gasteiger partial charge in [0.2, 0.25) is 0 Å². The molecule has 0 unspecified atom stereocenters. The molecule has 29 heavy (non-hydrogen) atoms. The molecular formula is C26H28O3. The van der Waals surface area contributed by atoms with E-state index in [9.17, 15) is 15.0 Å². The third-order valence-electron chi connectivity index (χ3n) is 6.96. The van der Waals surface area contributed by atoms with Crippen LogP contribution in [0, 0.1) is 17.8 Å². The molecule has 0 spiro atoms. The van der Waals surface area contributed by atoms with Crippen molar-refractivity contribution in [3.63, 3.8) is 0 Å². The Bertz CT molecular complexity index is 968. The molecule has 3 heteroatoms. The molecule has 0 amide bonds. The molecule has 1 saturated carbocycles. The van der Waals surface area contributed by atoms with E-state index in [4.69, 9.17) is 0 Å². The number of aromatic carboxylic acids is 1. The quantitative estimate of drug-likeness (QED) is 0.746. The van der Waals surface area contributed by atoms with E-state index in [-0.39, 0.29) is 5.41 Å². The minimum Gasteiger partial charge on any atom is -0.478 e. The lowest BCUT2D eigenvalue weighted by atomic mass is 9.56. The monoisotopic (exact) mass is 388 g/mol. The van der Waals surface area contributed by atoms with Crippen LogP contribution in [-0.2, 0) is 18.3 Å². The molecule has 2 aromatic carbocycles. The predicted octanol–water partition coefficient (Wildman–Crippen LogP) is 4.76. The molecule has 3 atom stereocenters. The zero-order valence-electron chi connectivity index (χ0n) is 16.9. The Balaban J connectivity index is 1.83. The maximum Gasteiger partial charge on any atom is 0.335 e. The highest BCUT2D eigenvalue weighted by molar-refractivity contribution is 5.88. The maximum absolute atomic E-state index is 11.5. The molecule has 4 rings (SSSR count). The van der Waals surface area contributed by atoms with Crippen LogP contribution in [0.4, 0.5) is 0 Å². The first-order valence-corrected chi connectivity index (χ1v) is 10.5. The Labute approximate surface area is 172 Å². The van der Waals surface area contributed by atoms with E-state index in [0.717, 1.165) is 37.7 Å². The van der Waals surface area contributed by atoms with E-state index in [1.807, 2.05) is 12.1 Å². The zero-order valence-corrected chi connectivity index (χ0v) is 16.9. The van der Waals surface area contributed by atoms with Gasteiger partial charge in [-0.1, -0.05) is 42.3 Å². The molecule has 2 aliphatic carbocycles. The van der Waals surface area contributed by atoms with E-state index < -0.39 is 11.6 Å². The molecule has 3 nitrogen and oxygen atoms in total. The van der Waals surface area contributed by atoms with Gasteiger partial charge in [-0.05, 0) is 86.6 Å². The van der Waals surface area contributed by atoms with Gasteiger partial charge in [0.05, 0.1) is 5.56 Å². The summed E-state index contributed by atoms with van der Waals surface area (Å²) in [5.41, 5.74) is 3.09. The lowest BCUT2D eigenvalue weighted by molar-refractivity contribution is -0.00358. The Morgan fingerprint density at radius 1 is 1.17 bits per heavy atom. The van der Waals surface area contributed by atoms with E-state index in [2.05, 4.69) is 42.2 Å². The molecule has 2 aliphatic rings. The van der Waals surface area contributed by atoms with Gasteiger partial charge in [-0.2, -0.15) is 0 Å². The maximum atomic E-state index is 11.5. The van der Waals surface area contributed by atoms with Crippen molar-refractivity contribution >= 4 is 5.97 Å². The first-order chi connectivity index (χ1) is 14.0. The molecule has 150 valence electrons. The number of fused-ring (bicyclic) bond motifs is 3. The lowest BCUT2D eigenvalue weighted by Gasteiger charge is -2.49. The summed E-state index contributed by atoms with van der Waals surface area (Å²) in [6.07, 6.45) is 6.02. The fourth-order valence-electron chi connectivity index (χ4n) is 5.66. The van der Waals surface area contributed by atoms with Crippen LogP contribution in [0.3, 0.4) is 0 Å². The zero-order chi connectivity index (χ0) is 20.5. The van der Waals surface area contributed by atoms with Crippen LogP contribution < -0.4 is 0 Å². The van der Waals surface area contributed by atoms with Gasteiger partial charge in [0.15, 0.2) is 0 Å². The van der Waals surface area contributed by atoms with E-state index in [1.54, 1.807) is 13.0 Å². The first kappa shape index (κ1) is 19.7. The van der Waals surface area contributed by atoms with Crippen LogP contribution >= 0.6 is 0 Å². The van der Waals surface area contributed by atoms with Crippen molar-refractivity contribution in [1.29, 1.82) is 0 Å². The number of carboxylic acids is 1. The standard InChI is InChI=1S/C26H28O3/c1-2-13-25(29)14-15-26(17-19-7-4-3-5-8-19)22(18-25)10-6-9-20-16-21(24(27)28)11-12-23(20)26/h3-5,7-8,11-12,16,22,29H,6,9-10,14-15,17-18H2,1H3,(H,27,28)/t22-,25-,26-/m0/s1. The Kier molecular flexibility index (Phi) is 5.23. The smallest absolute Gasteiger partial charge is 0.335 e. The number of carbonyl (C=O) groups is 1. The molecule has 0 radical (unpaired) electrons. The molecule has 2 N–H and O–H groups in total. The van der Waals surface area contributed by atoms with Crippen LogP contribution in [0.2, 0.25) is 0 Å². The number of rotatable bonds is 3. The van der Waals surface area contributed by atoms with Crippen molar-refractivity contribution < 1.29 is 15.0 Å². The molecule has 0 aromatic heterocycles. The average Bonchev–Trinajstić information content (AvgIpc) is 2.85. The van der Waals surface area contributed by atoms with Gasteiger partial charge in [-0.25, -0.2) is 4.79 Å². The topological polar surface area (TPSA) is 57.5 Å². The highest BCUT2D eigenvalue weighted by atomic mass is 16.4. The number of hydrogen-bond acceptors (Lipinski definition) is 2. The van der Waals surface area contributed by atoms with Crippen molar-refractivity contribution in [2.24, 2.45) is 5.92 Å². The van der Waals surface area contributed by atoms with Gasteiger partial charge < -0.3 is 10.2 Å². The van der Waals surface area contributed by atoms with Crippen LogP contribution in [-0.4, -0.2) is 21.8 Å².